The largest absolute Gasteiger partial charge is 0.494 e. The lowest BCUT2D eigenvalue weighted by Crippen LogP contribution is -2.12. The molecule has 1 aliphatic carbocycles. The Morgan fingerprint density at radius 3 is 2.65 bits per heavy atom. The van der Waals surface area contributed by atoms with Gasteiger partial charge in [0.25, 0.3) is 0 Å². The van der Waals surface area contributed by atoms with Gasteiger partial charge in [0.05, 0.1) is 18.8 Å². The number of carboxylic acids is 1. The van der Waals surface area contributed by atoms with Crippen LogP contribution in [0.1, 0.15) is 66.0 Å². The van der Waals surface area contributed by atoms with Gasteiger partial charge < -0.3 is 14.6 Å². The summed E-state index contributed by atoms with van der Waals surface area (Å²) in [5.74, 6) is 1.60. The number of aromatic nitrogens is 1. The van der Waals surface area contributed by atoms with E-state index in [1.54, 1.807) is 24.9 Å². The van der Waals surface area contributed by atoms with Crippen molar-refractivity contribution >= 4 is 27.6 Å². The number of aliphatic carboxylic acids is 1. The molecule has 1 N–H and O–H groups in total. The van der Waals surface area contributed by atoms with Crippen molar-refractivity contribution in [1.29, 1.82) is 0 Å². The molecule has 9 heteroatoms. The molecule has 0 radical (unpaired) electrons. The van der Waals surface area contributed by atoms with Gasteiger partial charge in [0.1, 0.15) is 21.7 Å². The molecule has 212 valence electrons. The molecular formula is C31H35NO6S2. The highest BCUT2D eigenvalue weighted by Crippen LogP contribution is 2.45. The highest BCUT2D eigenvalue weighted by molar-refractivity contribution is 7.99. The van der Waals surface area contributed by atoms with E-state index in [0.29, 0.717) is 18.9 Å². The SMILES string of the molecule is CCS(=O)(=O)CCCOc1cc(C)c(-c2cccc3c2CCC3Oc2cc3c(cn2)C(CC(=O)O)CS3)c(C)c1. The summed E-state index contributed by atoms with van der Waals surface area (Å²) in [6, 6.07) is 12.4. The first-order valence-electron chi connectivity index (χ1n) is 13.7. The second-order valence-electron chi connectivity index (χ2n) is 10.6. The Morgan fingerprint density at radius 1 is 1.15 bits per heavy atom. The summed E-state index contributed by atoms with van der Waals surface area (Å²) >= 11 is 1.67. The lowest BCUT2D eigenvalue weighted by molar-refractivity contribution is -0.137. The third-order valence-electron chi connectivity index (χ3n) is 7.73. The second-order valence-corrected chi connectivity index (χ2v) is 14.1. The first-order chi connectivity index (χ1) is 19.1. The fourth-order valence-corrected chi connectivity index (χ4v) is 7.84. The van der Waals surface area contributed by atoms with Gasteiger partial charge in [0, 0.05) is 34.6 Å². The zero-order valence-electron chi connectivity index (χ0n) is 23.1. The van der Waals surface area contributed by atoms with Gasteiger partial charge in [-0.15, -0.1) is 11.8 Å². The molecule has 0 amide bonds. The van der Waals surface area contributed by atoms with Crippen LogP contribution in [-0.4, -0.2) is 48.3 Å². The normalized spacial score (nSPS) is 17.9. The number of nitrogens with zero attached hydrogens (tertiary/aromatic N) is 1. The predicted octanol–water partition coefficient (Wildman–Crippen LogP) is 6.30. The molecule has 3 aromatic rings. The van der Waals surface area contributed by atoms with E-state index in [2.05, 4.69) is 37.0 Å². The number of rotatable bonds is 11. The molecule has 2 aromatic carbocycles. The van der Waals surface area contributed by atoms with Crippen molar-refractivity contribution in [1.82, 2.24) is 4.98 Å². The van der Waals surface area contributed by atoms with Crippen molar-refractivity contribution in [2.75, 3.05) is 23.9 Å². The molecule has 1 aliphatic heterocycles. The average molecular weight is 582 g/mol. The van der Waals surface area contributed by atoms with Crippen molar-refractivity contribution in [2.45, 2.75) is 63.4 Å². The number of hydrogen-bond acceptors (Lipinski definition) is 7. The van der Waals surface area contributed by atoms with Crippen LogP contribution in [-0.2, 0) is 21.1 Å². The minimum Gasteiger partial charge on any atom is -0.494 e. The summed E-state index contributed by atoms with van der Waals surface area (Å²) in [7, 11) is -2.99. The van der Waals surface area contributed by atoms with Crippen LogP contribution in [0.4, 0.5) is 0 Å². The number of carbonyl (C=O) groups is 1. The number of benzene rings is 2. The molecule has 7 nitrogen and oxygen atoms in total. The molecule has 0 spiro atoms. The van der Waals surface area contributed by atoms with E-state index in [9.17, 15) is 18.3 Å². The summed E-state index contributed by atoms with van der Waals surface area (Å²) in [6.45, 7) is 6.21. The van der Waals surface area contributed by atoms with Crippen molar-refractivity contribution in [3.8, 4) is 22.8 Å². The third kappa shape index (κ3) is 6.15. The number of pyridine rings is 1. The minimum atomic E-state index is -2.99. The zero-order valence-corrected chi connectivity index (χ0v) is 24.7. The van der Waals surface area contributed by atoms with Crippen molar-refractivity contribution in [2.24, 2.45) is 0 Å². The summed E-state index contributed by atoms with van der Waals surface area (Å²) in [5.41, 5.74) is 8.08. The highest BCUT2D eigenvalue weighted by Gasteiger charge is 2.30. The van der Waals surface area contributed by atoms with E-state index in [4.69, 9.17) is 9.47 Å². The lowest BCUT2D eigenvalue weighted by Gasteiger charge is -2.18. The lowest BCUT2D eigenvalue weighted by atomic mass is 9.90. The Labute approximate surface area is 240 Å². The van der Waals surface area contributed by atoms with Gasteiger partial charge in [0.15, 0.2) is 0 Å². The number of sulfone groups is 1. The van der Waals surface area contributed by atoms with E-state index in [-0.39, 0.29) is 29.9 Å². The number of aryl methyl sites for hydroxylation is 2. The van der Waals surface area contributed by atoms with E-state index in [1.807, 2.05) is 18.2 Å². The molecule has 5 rings (SSSR count). The van der Waals surface area contributed by atoms with Gasteiger partial charge in [0.2, 0.25) is 5.88 Å². The Balaban J connectivity index is 1.31. The summed E-state index contributed by atoms with van der Waals surface area (Å²) in [6.07, 6.45) is 4.05. The van der Waals surface area contributed by atoms with E-state index < -0.39 is 15.8 Å². The maximum Gasteiger partial charge on any atom is 0.303 e. The molecular weight excluding hydrogens is 546 g/mol. The topological polar surface area (TPSA) is 103 Å². The Hall–Kier alpha value is -3.04. The molecule has 2 atom stereocenters. The van der Waals surface area contributed by atoms with Gasteiger partial charge in [-0.05, 0) is 84.2 Å². The molecule has 1 aromatic heterocycles. The van der Waals surface area contributed by atoms with Gasteiger partial charge in [-0.2, -0.15) is 0 Å². The van der Waals surface area contributed by atoms with E-state index >= 15 is 0 Å². The van der Waals surface area contributed by atoms with Gasteiger partial charge >= 0.3 is 5.97 Å². The quantitative estimate of drug-likeness (QED) is 0.263. The molecule has 2 heterocycles. The molecule has 0 saturated heterocycles. The molecule has 0 bridgehead atoms. The van der Waals surface area contributed by atoms with Crippen LogP contribution in [0.25, 0.3) is 11.1 Å². The van der Waals surface area contributed by atoms with Gasteiger partial charge in [-0.1, -0.05) is 25.1 Å². The number of fused-ring (bicyclic) bond motifs is 2. The van der Waals surface area contributed by atoms with Crippen LogP contribution in [0.2, 0.25) is 0 Å². The number of carboxylic acid groups (broad SMARTS) is 1. The maximum absolute atomic E-state index is 11.7. The first kappa shape index (κ1) is 28.5. The minimum absolute atomic E-state index is 0.00529. The van der Waals surface area contributed by atoms with Crippen LogP contribution in [0.15, 0.2) is 47.5 Å². The Morgan fingerprint density at radius 2 is 1.93 bits per heavy atom. The van der Waals surface area contributed by atoms with E-state index in [1.165, 1.54) is 22.3 Å². The number of ether oxygens (including phenoxy) is 2. The predicted molar refractivity (Wildman–Crippen MR) is 157 cm³/mol. The van der Waals surface area contributed by atoms with Crippen LogP contribution in [0.3, 0.4) is 0 Å². The molecule has 0 saturated carbocycles. The Bertz CT molecular complexity index is 1510. The smallest absolute Gasteiger partial charge is 0.303 e. The zero-order chi connectivity index (χ0) is 28.4. The average Bonchev–Trinajstić information content (AvgIpc) is 3.50. The van der Waals surface area contributed by atoms with Gasteiger partial charge in [-0.25, -0.2) is 13.4 Å². The highest BCUT2D eigenvalue weighted by atomic mass is 32.2. The van der Waals surface area contributed by atoms with Gasteiger partial charge in [-0.3, -0.25) is 4.79 Å². The summed E-state index contributed by atoms with van der Waals surface area (Å²) in [5, 5.41) is 9.19. The molecule has 40 heavy (non-hydrogen) atoms. The molecule has 2 unspecified atom stereocenters. The first-order valence-corrected chi connectivity index (χ1v) is 16.5. The van der Waals surface area contributed by atoms with Crippen LogP contribution in [0, 0.1) is 13.8 Å². The number of thioether (sulfide) groups is 1. The molecule has 2 aliphatic rings. The maximum atomic E-state index is 11.7. The molecule has 0 fully saturated rings. The number of hydrogen-bond donors (Lipinski definition) is 1. The monoisotopic (exact) mass is 581 g/mol. The second kappa shape index (κ2) is 11.8. The van der Waals surface area contributed by atoms with E-state index in [0.717, 1.165) is 45.9 Å². The fourth-order valence-electron chi connectivity index (χ4n) is 5.75. The van der Waals surface area contributed by atoms with Crippen molar-refractivity contribution in [3.05, 3.63) is 70.4 Å². The van der Waals surface area contributed by atoms with Crippen LogP contribution in [0.5, 0.6) is 11.6 Å². The standard InChI is InChI=1S/C31H35NO6S2/c1-4-40(35,36)12-6-11-37-22-13-19(2)31(20(3)14-22)25-8-5-7-24-23(25)9-10-27(24)38-29-16-28-26(17-32-29)21(18-39-28)15-30(33)34/h5,7-8,13-14,16-17,21,27H,4,6,9-12,15,18H2,1-3H3,(H,33,34). The third-order valence-corrected chi connectivity index (χ3v) is 10.8. The van der Waals surface area contributed by atoms with Crippen LogP contribution >= 0.6 is 11.8 Å². The Kier molecular flexibility index (Phi) is 8.42. The van der Waals surface area contributed by atoms with Crippen molar-refractivity contribution < 1.29 is 27.8 Å². The summed E-state index contributed by atoms with van der Waals surface area (Å²) < 4.78 is 35.8. The van der Waals surface area contributed by atoms with Crippen LogP contribution < -0.4 is 9.47 Å². The van der Waals surface area contributed by atoms with Crippen molar-refractivity contribution in [3.63, 3.8) is 0 Å². The fraction of sp³-hybridized carbons (Fsp3) is 0.419. The summed E-state index contributed by atoms with van der Waals surface area (Å²) in [4.78, 5) is 16.8.